The topological polar surface area (TPSA) is 89.1 Å². The van der Waals surface area contributed by atoms with E-state index in [4.69, 9.17) is 20.4 Å². The molecule has 0 aliphatic rings. The molecule has 0 spiro atoms. The fourth-order valence-electron chi connectivity index (χ4n) is 1.94. The Morgan fingerprint density at radius 3 is 2.71 bits per heavy atom. The summed E-state index contributed by atoms with van der Waals surface area (Å²) in [4.78, 5) is 0. The van der Waals surface area contributed by atoms with E-state index in [1.807, 2.05) is 30.3 Å². The van der Waals surface area contributed by atoms with Gasteiger partial charge in [0.25, 0.3) is 0 Å². The first-order valence-corrected chi connectivity index (χ1v) is 7.09. The molecule has 6 heteroatoms. The summed E-state index contributed by atoms with van der Waals surface area (Å²) in [7, 11) is 1.65. The van der Waals surface area contributed by atoms with Crippen LogP contribution in [0.5, 0.6) is 0 Å². The number of nitrogens with one attached hydrogen (secondary N) is 1. The van der Waals surface area contributed by atoms with Gasteiger partial charge in [-0.2, -0.15) is 0 Å². The van der Waals surface area contributed by atoms with E-state index in [1.54, 1.807) is 7.11 Å². The van der Waals surface area contributed by atoms with Gasteiger partial charge in [0.15, 0.2) is 0 Å². The third-order valence-electron chi connectivity index (χ3n) is 3.10. The van der Waals surface area contributed by atoms with Gasteiger partial charge in [-0.05, 0) is 18.5 Å². The van der Waals surface area contributed by atoms with E-state index >= 15 is 0 Å². The van der Waals surface area contributed by atoms with Crippen molar-refractivity contribution in [2.24, 2.45) is 10.9 Å². The minimum atomic E-state index is -0.134. The normalized spacial score (nSPS) is 13.3. The van der Waals surface area contributed by atoms with Crippen molar-refractivity contribution in [2.45, 2.75) is 12.3 Å². The average molecular weight is 295 g/mol. The number of ether oxygens (including phenoxy) is 2. The number of amidine groups is 1. The van der Waals surface area contributed by atoms with Crippen LogP contribution in [-0.4, -0.2) is 51.1 Å². The Morgan fingerprint density at radius 2 is 2.05 bits per heavy atom. The van der Waals surface area contributed by atoms with Gasteiger partial charge in [-0.15, -0.1) is 0 Å². The fraction of sp³-hybridized carbons (Fsp3) is 0.533. The van der Waals surface area contributed by atoms with Crippen LogP contribution in [0.1, 0.15) is 17.9 Å². The lowest BCUT2D eigenvalue weighted by Crippen LogP contribution is -2.32. The predicted octanol–water partition coefficient (Wildman–Crippen LogP) is 1.16. The van der Waals surface area contributed by atoms with E-state index in [1.165, 1.54) is 0 Å². The Morgan fingerprint density at radius 1 is 1.29 bits per heavy atom. The summed E-state index contributed by atoms with van der Waals surface area (Å²) in [6.07, 6.45) is 0.904. The predicted molar refractivity (Wildman–Crippen MR) is 82.8 cm³/mol. The summed E-state index contributed by atoms with van der Waals surface area (Å²) in [5.74, 6) is 0.0793. The van der Waals surface area contributed by atoms with Crippen molar-refractivity contribution in [1.82, 2.24) is 5.32 Å². The molecule has 0 bridgehead atoms. The first-order chi connectivity index (χ1) is 10.3. The monoisotopic (exact) mass is 295 g/mol. The summed E-state index contributed by atoms with van der Waals surface area (Å²) in [5.41, 5.74) is 6.79. The smallest absolute Gasteiger partial charge is 0.147 e. The maximum Gasteiger partial charge on any atom is 0.147 e. The lowest BCUT2D eigenvalue weighted by Gasteiger charge is -2.16. The van der Waals surface area contributed by atoms with Crippen LogP contribution < -0.4 is 11.1 Å². The number of hydrogen-bond donors (Lipinski definition) is 3. The van der Waals surface area contributed by atoms with E-state index < -0.39 is 0 Å². The highest BCUT2D eigenvalue weighted by molar-refractivity contribution is 5.87. The Bertz CT molecular complexity index is 398. The number of benzene rings is 1. The van der Waals surface area contributed by atoms with Gasteiger partial charge < -0.3 is 25.7 Å². The highest BCUT2D eigenvalue weighted by Crippen LogP contribution is 2.14. The molecule has 1 unspecified atom stereocenters. The number of rotatable bonds is 11. The van der Waals surface area contributed by atoms with Crippen molar-refractivity contribution in [2.75, 3.05) is 40.0 Å². The van der Waals surface area contributed by atoms with Crippen LogP contribution in [0.4, 0.5) is 0 Å². The van der Waals surface area contributed by atoms with Crippen molar-refractivity contribution in [3.8, 4) is 0 Å². The van der Waals surface area contributed by atoms with Crippen molar-refractivity contribution in [1.29, 1.82) is 0 Å². The third kappa shape index (κ3) is 7.08. The van der Waals surface area contributed by atoms with Crippen LogP contribution in [0.3, 0.4) is 0 Å². The molecule has 1 aromatic carbocycles. The van der Waals surface area contributed by atoms with E-state index in [0.717, 1.165) is 18.5 Å². The van der Waals surface area contributed by atoms with Crippen LogP contribution in [-0.2, 0) is 9.47 Å². The molecule has 1 atom stereocenters. The SMILES string of the molecule is COCCOCCCNCC(/C(N)=N/O)c1ccccc1. The van der Waals surface area contributed by atoms with Crippen molar-refractivity contribution >= 4 is 5.84 Å². The van der Waals surface area contributed by atoms with Gasteiger partial charge >= 0.3 is 0 Å². The van der Waals surface area contributed by atoms with E-state index in [9.17, 15) is 0 Å². The zero-order valence-electron chi connectivity index (χ0n) is 12.5. The Balaban J connectivity index is 2.29. The molecule has 21 heavy (non-hydrogen) atoms. The summed E-state index contributed by atoms with van der Waals surface area (Å²) in [6, 6.07) is 9.77. The van der Waals surface area contributed by atoms with Gasteiger partial charge in [-0.25, -0.2) is 0 Å². The molecule has 1 aromatic rings. The van der Waals surface area contributed by atoms with E-state index in [0.29, 0.717) is 26.4 Å². The number of nitrogens with two attached hydrogens (primary N) is 1. The van der Waals surface area contributed by atoms with E-state index in [-0.39, 0.29) is 11.8 Å². The first kappa shape index (κ1) is 17.4. The second-order valence-corrected chi connectivity index (χ2v) is 4.65. The Kier molecular flexibility index (Phi) is 9.19. The molecule has 1 rings (SSSR count). The quantitative estimate of drug-likeness (QED) is 0.187. The summed E-state index contributed by atoms with van der Waals surface area (Å²) in [6.45, 7) is 3.36. The van der Waals surface area contributed by atoms with E-state index in [2.05, 4.69) is 10.5 Å². The second-order valence-electron chi connectivity index (χ2n) is 4.65. The lowest BCUT2D eigenvalue weighted by atomic mass is 9.98. The minimum absolute atomic E-state index is 0.134. The Labute approximate surface area is 125 Å². The average Bonchev–Trinajstić information content (AvgIpc) is 2.53. The molecular formula is C15H25N3O3. The van der Waals surface area contributed by atoms with Crippen LogP contribution >= 0.6 is 0 Å². The molecule has 6 nitrogen and oxygen atoms in total. The lowest BCUT2D eigenvalue weighted by molar-refractivity contribution is 0.0695. The zero-order valence-corrected chi connectivity index (χ0v) is 12.5. The van der Waals surface area contributed by atoms with Crippen LogP contribution in [0.2, 0.25) is 0 Å². The number of nitrogens with zero attached hydrogens (tertiary/aromatic N) is 1. The highest BCUT2D eigenvalue weighted by atomic mass is 16.5. The molecule has 0 aliphatic heterocycles. The largest absolute Gasteiger partial charge is 0.409 e. The van der Waals surface area contributed by atoms with Crippen LogP contribution in [0.25, 0.3) is 0 Å². The summed E-state index contributed by atoms with van der Waals surface area (Å²) < 4.78 is 10.3. The molecule has 0 aromatic heterocycles. The molecule has 0 aliphatic carbocycles. The van der Waals surface area contributed by atoms with Crippen LogP contribution in [0.15, 0.2) is 35.5 Å². The molecule has 4 N–H and O–H groups in total. The molecule has 118 valence electrons. The zero-order chi connectivity index (χ0) is 15.3. The van der Waals surface area contributed by atoms with Crippen molar-refractivity contribution < 1.29 is 14.7 Å². The van der Waals surface area contributed by atoms with Gasteiger partial charge in [0.2, 0.25) is 0 Å². The molecule has 0 saturated heterocycles. The fourth-order valence-corrected chi connectivity index (χ4v) is 1.94. The standard InChI is InChI=1S/C15H25N3O3/c1-20-10-11-21-9-5-8-17-12-14(15(16)18-19)13-6-3-2-4-7-13/h2-4,6-7,14,17,19H,5,8-12H2,1H3,(H2,16,18). The van der Waals surface area contributed by atoms with Gasteiger partial charge in [-0.1, -0.05) is 35.5 Å². The van der Waals surface area contributed by atoms with Crippen LogP contribution in [0, 0.1) is 0 Å². The van der Waals surface area contributed by atoms with Gasteiger partial charge in [0, 0.05) is 20.3 Å². The van der Waals surface area contributed by atoms with Crippen molar-refractivity contribution in [3.05, 3.63) is 35.9 Å². The van der Waals surface area contributed by atoms with Gasteiger partial charge in [-0.3, -0.25) is 0 Å². The summed E-state index contributed by atoms with van der Waals surface area (Å²) in [5, 5.41) is 15.3. The number of methoxy groups -OCH3 is 1. The molecule has 0 saturated carbocycles. The maximum absolute atomic E-state index is 8.89. The molecule has 0 radical (unpaired) electrons. The minimum Gasteiger partial charge on any atom is -0.409 e. The maximum atomic E-state index is 8.89. The number of hydrogen-bond acceptors (Lipinski definition) is 5. The molecular weight excluding hydrogens is 270 g/mol. The summed E-state index contributed by atoms with van der Waals surface area (Å²) >= 11 is 0. The number of oxime groups is 1. The Hall–Kier alpha value is -1.63. The highest BCUT2D eigenvalue weighted by Gasteiger charge is 2.15. The van der Waals surface area contributed by atoms with Gasteiger partial charge in [0.1, 0.15) is 5.84 Å². The molecule has 0 fully saturated rings. The van der Waals surface area contributed by atoms with Crippen molar-refractivity contribution in [3.63, 3.8) is 0 Å². The molecule has 0 amide bonds. The van der Waals surface area contributed by atoms with Gasteiger partial charge in [0.05, 0.1) is 19.1 Å². The third-order valence-corrected chi connectivity index (χ3v) is 3.10. The first-order valence-electron chi connectivity index (χ1n) is 7.09. The second kappa shape index (κ2) is 11.1. The molecule has 0 heterocycles.